The maximum atomic E-state index is 12.2. The van der Waals surface area contributed by atoms with Crippen LogP contribution in [0.4, 0.5) is 0 Å². The van der Waals surface area contributed by atoms with E-state index in [0.717, 1.165) is 15.7 Å². The molecule has 1 aromatic heterocycles. The number of hydrogen-bond donors (Lipinski definition) is 3. The Bertz CT molecular complexity index is 652. The van der Waals surface area contributed by atoms with Crippen molar-refractivity contribution in [2.24, 2.45) is 0 Å². The van der Waals surface area contributed by atoms with E-state index in [2.05, 4.69) is 0 Å². The number of carboxylic acid groups (broad SMARTS) is 1. The first kappa shape index (κ1) is 15.0. The van der Waals surface area contributed by atoms with Crippen molar-refractivity contribution in [1.29, 1.82) is 0 Å². The first-order valence-electron chi connectivity index (χ1n) is 6.06. The summed E-state index contributed by atoms with van der Waals surface area (Å²) in [7, 11) is 1.43. The summed E-state index contributed by atoms with van der Waals surface area (Å²) < 4.78 is 5.89. The molecule has 2 heterocycles. The van der Waals surface area contributed by atoms with E-state index >= 15 is 0 Å². The van der Waals surface area contributed by atoms with Crippen LogP contribution in [0.15, 0.2) is 11.0 Å². The van der Waals surface area contributed by atoms with Crippen molar-refractivity contribution >= 4 is 11.9 Å². The minimum Gasteiger partial charge on any atom is -0.503 e. The lowest BCUT2D eigenvalue weighted by Crippen LogP contribution is -2.50. The molecule has 1 unspecified atom stereocenters. The maximum absolute atomic E-state index is 12.2. The zero-order chi connectivity index (χ0) is 15.7. The average molecular weight is 298 g/mol. The quantitative estimate of drug-likeness (QED) is 0.628. The number of aromatic nitrogens is 1. The second-order valence-corrected chi connectivity index (χ2v) is 4.50. The molecule has 21 heavy (non-hydrogen) atoms. The number of aliphatic hydroxyl groups excluding tert-OH is 1. The molecule has 114 valence electrons. The summed E-state index contributed by atoms with van der Waals surface area (Å²) in [5, 5.41) is 28.6. The molecular formula is C12H14N2O7. The molecular weight excluding hydrogens is 284 g/mol. The number of rotatable bonds is 4. The first-order chi connectivity index (χ1) is 9.88. The second kappa shape index (κ2) is 5.54. The standard InChI is InChI=1S/C12H14N2O7/c1-21-3-2-14-7(15)5-13-4-6(12(19)20)9(16)10(17)8(13)11(14)18/h4,7,15,17H,2-3,5H2,1H3,(H,19,20). The molecule has 0 spiro atoms. The number of methoxy groups -OCH3 is 1. The average Bonchev–Trinajstić information content (AvgIpc) is 2.41. The third-order valence-corrected chi connectivity index (χ3v) is 3.21. The summed E-state index contributed by atoms with van der Waals surface area (Å²) in [5.41, 5.74) is -2.14. The number of aromatic carboxylic acids is 1. The number of ether oxygens (including phenoxy) is 1. The number of carbonyl (C=O) groups is 2. The molecule has 0 fully saturated rings. The fraction of sp³-hybridized carbons (Fsp3) is 0.417. The van der Waals surface area contributed by atoms with Crippen molar-refractivity contribution in [3.05, 3.63) is 27.7 Å². The van der Waals surface area contributed by atoms with E-state index in [0.29, 0.717) is 0 Å². The highest BCUT2D eigenvalue weighted by molar-refractivity contribution is 5.97. The molecule has 9 nitrogen and oxygen atoms in total. The van der Waals surface area contributed by atoms with Gasteiger partial charge in [-0.15, -0.1) is 0 Å². The fourth-order valence-electron chi connectivity index (χ4n) is 2.16. The van der Waals surface area contributed by atoms with E-state index in [4.69, 9.17) is 9.84 Å². The summed E-state index contributed by atoms with van der Waals surface area (Å²) in [6.45, 7) is 0.0880. The van der Waals surface area contributed by atoms with Gasteiger partial charge in [0.05, 0.1) is 13.2 Å². The first-order valence-corrected chi connectivity index (χ1v) is 6.06. The smallest absolute Gasteiger partial charge is 0.341 e. The Morgan fingerprint density at radius 1 is 1.48 bits per heavy atom. The number of amides is 1. The van der Waals surface area contributed by atoms with Gasteiger partial charge in [0.1, 0.15) is 11.8 Å². The Morgan fingerprint density at radius 3 is 2.71 bits per heavy atom. The lowest BCUT2D eigenvalue weighted by Gasteiger charge is -2.34. The zero-order valence-corrected chi connectivity index (χ0v) is 11.1. The Kier molecular flexibility index (Phi) is 3.96. The largest absolute Gasteiger partial charge is 0.503 e. The molecule has 0 bridgehead atoms. The Hall–Kier alpha value is -2.39. The molecule has 0 saturated heterocycles. The molecule has 1 aliphatic rings. The van der Waals surface area contributed by atoms with E-state index in [1.165, 1.54) is 7.11 Å². The van der Waals surface area contributed by atoms with Crippen molar-refractivity contribution in [2.75, 3.05) is 20.3 Å². The molecule has 1 aromatic rings. The van der Waals surface area contributed by atoms with Gasteiger partial charge in [-0.25, -0.2) is 4.79 Å². The van der Waals surface area contributed by atoms with Crippen molar-refractivity contribution in [3.63, 3.8) is 0 Å². The van der Waals surface area contributed by atoms with Crippen LogP contribution in [0.2, 0.25) is 0 Å². The fourth-order valence-corrected chi connectivity index (χ4v) is 2.16. The van der Waals surface area contributed by atoms with E-state index in [1.54, 1.807) is 0 Å². The van der Waals surface area contributed by atoms with Crippen molar-refractivity contribution in [1.82, 2.24) is 9.47 Å². The minimum absolute atomic E-state index is 0.0742. The molecule has 0 saturated carbocycles. The predicted molar refractivity (Wildman–Crippen MR) is 68.2 cm³/mol. The van der Waals surface area contributed by atoms with E-state index in [9.17, 15) is 24.6 Å². The van der Waals surface area contributed by atoms with E-state index in [1.807, 2.05) is 0 Å². The summed E-state index contributed by atoms with van der Waals surface area (Å²) in [6.07, 6.45) is -0.266. The van der Waals surface area contributed by atoms with Crippen LogP contribution in [0.5, 0.6) is 5.75 Å². The summed E-state index contributed by atoms with van der Waals surface area (Å²) in [5.74, 6) is -3.22. The summed E-state index contributed by atoms with van der Waals surface area (Å²) in [6, 6.07) is 0. The van der Waals surface area contributed by atoms with Crippen molar-refractivity contribution in [2.45, 2.75) is 12.8 Å². The summed E-state index contributed by atoms with van der Waals surface area (Å²) in [4.78, 5) is 35.9. The molecule has 3 N–H and O–H groups in total. The number of nitrogens with zero attached hydrogens (tertiary/aromatic N) is 2. The highest BCUT2D eigenvalue weighted by Crippen LogP contribution is 2.22. The Balaban J connectivity index is 2.53. The minimum atomic E-state index is -1.52. The lowest BCUT2D eigenvalue weighted by molar-refractivity contribution is -0.0206. The number of hydrogen-bond acceptors (Lipinski definition) is 6. The van der Waals surface area contributed by atoms with Gasteiger partial charge in [0.25, 0.3) is 5.91 Å². The number of pyridine rings is 1. The van der Waals surface area contributed by atoms with Gasteiger partial charge in [0, 0.05) is 19.9 Å². The second-order valence-electron chi connectivity index (χ2n) is 4.50. The number of aliphatic hydroxyl groups is 1. The molecule has 1 amide bonds. The van der Waals surface area contributed by atoms with Crippen LogP contribution in [0.1, 0.15) is 20.8 Å². The van der Waals surface area contributed by atoms with Gasteiger partial charge >= 0.3 is 5.97 Å². The van der Waals surface area contributed by atoms with Gasteiger partial charge < -0.3 is 29.5 Å². The lowest BCUT2D eigenvalue weighted by atomic mass is 10.1. The molecule has 1 atom stereocenters. The number of aromatic hydroxyl groups is 1. The predicted octanol–water partition coefficient (Wildman–Crippen LogP) is -1.33. The highest BCUT2D eigenvalue weighted by Gasteiger charge is 2.35. The molecule has 0 radical (unpaired) electrons. The van der Waals surface area contributed by atoms with Gasteiger partial charge in [0.15, 0.2) is 11.4 Å². The monoisotopic (exact) mass is 298 g/mol. The zero-order valence-electron chi connectivity index (χ0n) is 11.1. The van der Waals surface area contributed by atoms with Crippen LogP contribution >= 0.6 is 0 Å². The summed E-state index contributed by atoms with van der Waals surface area (Å²) >= 11 is 0. The van der Waals surface area contributed by atoms with Crippen LogP contribution in [-0.2, 0) is 11.3 Å². The molecule has 2 rings (SSSR count). The van der Waals surface area contributed by atoms with Gasteiger partial charge in [-0.1, -0.05) is 0 Å². The van der Waals surface area contributed by atoms with Crippen molar-refractivity contribution < 1.29 is 29.6 Å². The number of fused-ring (bicyclic) bond motifs is 1. The molecule has 0 aromatic carbocycles. The van der Waals surface area contributed by atoms with Crippen molar-refractivity contribution in [3.8, 4) is 5.75 Å². The number of carboxylic acids is 1. The van der Waals surface area contributed by atoms with Crippen LogP contribution in [0.25, 0.3) is 0 Å². The van der Waals surface area contributed by atoms with Crippen LogP contribution in [-0.4, -0.2) is 63.2 Å². The third kappa shape index (κ3) is 2.48. The topological polar surface area (TPSA) is 129 Å². The highest BCUT2D eigenvalue weighted by atomic mass is 16.5. The Morgan fingerprint density at radius 2 is 2.14 bits per heavy atom. The van der Waals surface area contributed by atoms with Gasteiger partial charge in [0.2, 0.25) is 5.43 Å². The SMILES string of the molecule is COCCN1C(=O)c2c(O)c(=O)c(C(=O)O)cn2CC1O. The molecule has 1 aliphatic heterocycles. The van der Waals surface area contributed by atoms with Crippen LogP contribution in [0, 0.1) is 0 Å². The van der Waals surface area contributed by atoms with Gasteiger partial charge in [-0.05, 0) is 0 Å². The van der Waals surface area contributed by atoms with E-state index in [-0.39, 0.29) is 25.4 Å². The van der Waals surface area contributed by atoms with Gasteiger partial charge in [-0.3, -0.25) is 9.59 Å². The molecule has 9 heteroatoms. The Labute approximate surface area is 118 Å². The van der Waals surface area contributed by atoms with E-state index < -0.39 is 34.8 Å². The maximum Gasteiger partial charge on any atom is 0.341 e. The van der Waals surface area contributed by atoms with Crippen LogP contribution < -0.4 is 5.43 Å². The molecule has 0 aliphatic carbocycles. The third-order valence-electron chi connectivity index (χ3n) is 3.21. The number of carbonyl (C=O) groups excluding carboxylic acids is 1. The van der Waals surface area contributed by atoms with Crippen LogP contribution in [0.3, 0.4) is 0 Å². The normalized spacial score (nSPS) is 17.7. The van der Waals surface area contributed by atoms with Gasteiger partial charge in [-0.2, -0.15) is 0 Å².